The van der Waals surface area contributed by atoms with Crippen molar-refractivity contribution < 1.29 is 4.74 Å². The van der Waals surface area contributed by atoms with Crippen molar-refractivity contribution in [2.24, 2.45) is 7.05 Å². The zero-order valence-electron chi connectivity index (χ0n) is 18.9. The molecule has 3 aromatic rings. The van der Waals surface area contributed by atoms with Crippen LogP contribution in [0, 0.1) is 13.8 Å². The van der Waals surface area contributed by atoms with E-state index in [2.05, 4.69) is 77.1 Å². The third kappa shape index (κ3) is 3.77. The molecule has 0 spiro atoms. The zero-order chi connectivity index (χ0) is 22.2. The molecule has 1 N–H and O–H groups in total. The smallest absolute Gasteiger partial charge is 0.174 e. The Labute approximate surface area is 195 Å². The predicted molar refractivity (Wildman–Crippen MR) is 132 cm³/mol. The summed E-state index contributed by atoms with van der Waals surface area (Å²) < 4.78 is 8.42. The van der Waals surface area contributed by atoms with E-state index < -0.39 is 0 Å². The van der Waals surface area contributed by atoms with Gasteiger partial charge in [0.2, 0.25) is 0 Å². The lowest BCUT2D eigenvalue weighted by Crippen LogP contribution is -2.29. The normalized spacial score (nSPS) is 21.2. The highest BCUT2D eigenvalue weighted by molar-refractivity contribution is 7.80. The van der Waals surface area contributed by atoms with Crippen molar-refractivity contribution in [1.82, 2.24) is 14.9 Å². The lowest BCUT2D eigenvalue weighted by atomic mass is 9.96. The average molecular weight is 447 g/mol. The number of ether oxygens (including phenoxy) is 1. The molecule has 1 aromatic carbocycles. The summed E-state index contributed by atoms with van der Waals surface area (Å²) in [6.07, 6.45) is 7.04. The summed E-state index contributed by atoms with van der Waals surface area (Å²) in [5, 5.41) is 4.27. The second-order valence-electron chi connectivity index (χ2n) is 8.90. The first-order valence-electron chi connectivity index (χ1n) is 11.4. The highest BCUT2D eigenvalue weighted by Crippen LogP contribution is 2.43. The predicted octanol–water partition coefficient (Wildman–Crippen LogP) is 5.54. The Bertz CT molecular complexity index is 1100. The summed E-state index contributed by atoms with van der Waals surface area (Å²) in [4.78, 5) is 6.89. The molecule has 0 amide bonds. The van der Waals surface area contributed by atoms with Crippen LogP contribution in [0.1, 0.15) is 60.4 Å². The molecule has 2 atom stereocenters. The Morgan fingerprint density at radius 3 is 2.44 bits per heavy atom. The van der Waals surface area contributed by atoms with Gasteiger partial charge in [0.25, 0.3) is 0 Å². The molecule has 1 saturated heterocycles. The number of hydrogen-bond donors (Lipinski definition) is 1. The highest BCUT2D eigenvalue weighted by atomic mass is 32.1. The van der Waals surface area contributed by atoms with Crippen LogP contribution in [-0.4, -0.2) is 20.8 Å². The number of anilines is 1. The molecule has 5 rings (SSSR count). The molecule has 3 heterocycles. The first-order chi connectivity index (χ1) is 15.5. The molecular weight excluding hydrogens is 416 g/mol. The minimum absolute atomic E-state index is 0.0129. The van der Waals surface area contributed by atoms with Crippen LogP contribution in [0.3, 0.4) is 0 Å². The summed E-state index contributed by atoms with van der Waals surface area (Å²) in [5.74, 6) is 0.934. The van der Waals surface area contributed by atoms with Crippen LogP contribution in [0.25, 0.3) is 0 Å². The van der Waals surface area contributed by atoms with Crippen molar-refractivity contribution in [2.75, 3.05) is 4.90 Å². The molecule has 1 aliphatic carbocycles. The molecule has 2 aromatic heterocycles. The van der Waals surface area contributed by atoms with E-state index in [1.165, 1.54) is 29.8 Å². The van der Waals surface area contributed by atoms with Gasteiger partial charge in [-0.1, -0.05) is 6.07 Å². The van der Waals surface area contributed by atoms with Crippen molar-refractivity contribution in [3.05, 3.63) is 77.4 Å². The van der Waals surface area contributed by atoms with Gasteiger partial charge < -0.3 is 19.5 Å². The fourth-order valence-corrected chi connectivity index (χ4v) is 5.36. The van der Waals surface area contributed by atoms with Gasteiger partial charge in [0, 0.05) is 30.3 Å². The average Bonchev–Trinajstić information content (AvgIpc) is 3.50. The van der Waals surface area contributed by atoms with Crippen LogP contribution in [0.15, 0.2) is 54.7 Å². The molecule has 1 saturated carbocycles. The van der Waals surface area contributed by atoms with Gasteiger partial charge in [-0.2, -0.15) is 0 Å². The Kier molecular flexibility index (Phi) is 5.64. The summed E-state index contributed by atoms with van der Waals surface area (Å²) in [6.45, 7) is 4.32. The Morgan fingerprint density at radius 1 is 1.06 bits per heavy atom. The Hall–Kier alpha value is -2.86. The number of pyridine rings is 1. The lowest BCUT2D eigenvalue weighted by Gasteiger charge is -2.28. The molecule has 2 aliphatic rings. The van der Waals surface area contributed by atoms with Gasteiger partial charge in [0.15, 0.2) is 5.11 Å². The van der Waals surface area contributed by atoms with Crippen molar-refractivity contribution in [2.45, 2.75) is 57.7 Å². The molecule has 0 unspecified atom stereocenters. The first-order valence-corrected chi connectivity index (χ1v) is 11.8. The summed E-state index contributed by atoms with van der Waals surface area (Å²) in [7, 11) is 2.12. The third-order valence-electron chi connectivity index (χ3n) is 6.95. The molecular formula is C26H30N4OS. The number of aromatic nitrogens is 2. The maximum absolute atomic E-state index is 6.18. The molecule has 32 heavy (non-hydrogen) atoms. The number of rotatable bonds is 5. The van der Waals surface area contributed by atoms with Crippen molar-refractivity contribution in [3.63, 3.8) is 0 Å². The van der Waals surface area contributed by atoms with Crippen LogP contribution in [0.4, 0.5) is 5.69 Å². The van der Waals surface area contributed by atoms with Gasteiger partial charge in [-0.05, 0) is 99.8 Å². The third-order valence-corrected chi connectivity index (χ3v) is 7.27. The maximum Gasteiger partial charge on any atom is 0.174 e. The SMILES string of the molecule is Cc1cc([C@@H]2[C@@H](c3ccccn3)NC(=S)N2c2ccc(OC3CCCC3)cc2)c(C)n1C. The van der Waals surface area contributed by atoms with E-state index in [1.807, 2.05) is 18.3 Å². The van der Waals surface area contributed by atoms with Crippen LogP contribution in [-0.2, 0) is 7.05 Å². The molecule has 1 aliphatic heterocycles. The Morgan fingerprint density at radius 2 is 1.81 bits per heavy atom. The molecule has 0 bridgehead atoms. The van der Waals surface area contributed by atoms with Crippen LogP contribution in [0.5, 0.6) is 5.75 Å². The number of nitrogens with one attached hydrogen (secondary N) is 1. The number of benzene rings is 1. The van der Waals surface area contributed by atoms with Crippen molar-refractivity contribution in [1.29, 1.82) is 0 Å². The largest absolute Gasteiger partial charge is 0.490 e. The molecule has 2 fully saturated rings. The number of aryl methyl sites for hydroxylation is 1. The summed E-state index contributed by atoms with van der Waals surface area (Å²) in [5.41, 5.74) is 5.79. The van der Waals surface area contributed by atoms with Crippen molar-refractivity contribution >= 4 is 23.0 Å². The maximum atomic E-state index is 6.18. The topological polar surface area (TPSA) is 42.3 Å². The second kappa shape index (κ2) is 8.58. The van der Waals surface area contributed by atoms with Crippen LogP contribution in [0.2, 0.25) is 0 Å². The van der Waals surface area contributed by atoms with Gasteiger partial charge in [-0.3, -0.25) is 4.98 Å². The van der Waals surface area contributed by atoms with Gasteiger partial charge in [0.05, 0.1) is 23.9 Å². The van der Waals surface area contributed by atoms with E-state index in [4.69, 9.17) is 17.0 Å². The zero-order valence-corrected chi connectivity index (χ0v) is 19.7. The molecule has 5 nitrogen and oxygen atoms in total. The van der Waals surface area contributed by atoms with Gasteiger partial charge in [-0.25, -0.2) is 0 Å². The monoisotopic (exact) mass is 446 g/mol. The lowest BCUT2D eigenvalue weighted by molar-refractivity contribution is 0.210. The second-order valence-corrected chi connectivity index (χ2v) is 9.29. The minimum atomic E-state index is -0.0291. The highest BCUT2D eigenvalue weighted by Gasteiger charge is 2.42. The fraction of sp³-hybridized carbons (Fsp3) is 0.385. The van der Waals surface area contributed by atoms with Gasteiger partial charge >= 0.3 is 0 Å². The minimum Gasteiger partial charge on any atom is -0.490 e. The summed E-state index contributed by atoms with van der Waals surface area (Å²) >= 11 is 5.86. The molecule has 6 heteroatoms. The molecule has 0 radical (unpaired) electrons. The van der Waals surface area contributed by atoms with E-state index in [-0.39, 0.29) is 12.1 Å². The number of hydrogen-bond acceptors (Lipinski definition) is 3. The number of thiocarbonyl (C=S) groups is 1. The van der Waals surface area contributed by atoms with E-state index >= 15 is 0 Å². The van der Waals surface area contributed by atoms with Crippen LogP contribution >= 0.6 is 12.2 Å². The number of nitrogens with zero attached hydrogens (tertiary/aromatic N) is 3. The van der Waals surface area contributed by atoms with E-state index in [0.29, 0.717) is 6.10 Å². The first kappa shape index (κ1) is 21.0. The fourth-order valence-electron chi connectivity index (χ4n) is 5.02. The summed E-state index contributed by atoms with van der Waals surface area (Å²) in [6, 6.07) is 16.7. The molecule has 166 valence electrons. The quantitative estimate of drug-likeness (QED) is 0.522. The van der Waals surface area contributed by atoms with Crippen LogP contribution < -0.4 is 15.0 Å². The Balaban J connectivity index is 1.52. The van der Waals surface area contributed by atoms with Crippen molar-refractivity contribution in [3.8, 4) is 5.75 Å². The van der Waals surface area contributed by atoms with Gasteiger partial charge in [-0.15, -0.1) is 0 Å². The van der Waals surface area contributed by atoms with E-state index in [9.17, 15) is 0 Å². The van der Waals surface area contributed by atoms with Gasteiger partial charge in [0.1, 0.15) is 5.75 Å². The standard InChI is InChI=1S/C26H30N4OS/c1-17-16-22(18(2)29(17)3)25-24(23-10-6-7-15-27-23)28-26(32)30(25)19-11-13-21(14-12-19)31-20-8-4-5-9-20/h6-7,10-16,20,24-25H,4-5,8-9H2,1-3H3,(H,28,32)/t24-,25-/m1/s1. The van der Waals surface area contributed by atoms with E-state index in [1.54, 1.807) is 0 Å². The van der Waals surface area contributed by atoms with E-state index in [0.717, 1.165) is 35.1 Å².